The zero-order valence-electron chi connectivity index (χ0n) is 32.7. The van der Waals surface area contributed by atoms with Crippen LogP contribution >= 0.6 is 25.3 Å². The third-order valence-corrected chi connectivity index (χ3v) is 10.7. The minimum absolute atomic E-state index is 0.0144. The van der Waals surface area contributed by atoms with Crippen LogP contribution in [-0.4, -0.2) is 111 Å². The second-order valence-corrected chi connectivity index (χ2v) is 15.0. The lowest BCUT2D eigenvalue weighted by Crippen LogP contribution is -2.60. The summed E-state index contributed by atoms with van der Waals surface area (Å²) in [4.78, 5) is 86.5. The lowest BCUT2D eigenvalue weighted by Gasteiger charge is -2.26. The van der Waals surface area contributed by atoms with Gasteiger partial charge in [0, 0.05) is 58.5 Å². The number of carboxylic acid groups (broad SMARTS) is 1. The first-order chi connectivity index (χ1) is 28.4. The fourth-order valence-electron chi connectivity index (χ4n) is 6.61. The predicted octanol–water partition coefficient (Wildman–Crippen LogP) is 0.388. The summed E-state index contributed by atoms with van der Waals surface area (Å²) in [7, 11) is 0. The number of carbonyl (C=O) groups excluding carboxylic acids is 5. The van der Waals surface area contributed by atoms with Gasteiger partial charge in [-0.1, -0.05) is 42.8 Å². The molecule has 0 saturated carbocycles. The summed E-state index contributed by atoms with van der Waals surface area (Å²) in [5.41, 5.74) is 20.4. The van der Waals surface area contributed by atoms with Crippen molar-refractivity contribution in [2.45, 2.75) is 87.6 Å². The van der Waals surface area contributed by atoms with Crippen LogP contribution in [0.2, 0.25) is 0 Å². The zero-order valence-corrected chi connectivity index (χ0v) is 34.5. The highest BCUT2D eigenvalue weighted by atomic mass is 32.1. The Morgan fingerprint density at radius 3 is 1.39 bits per heavy atom. The van der Waals surface area contributed by atoms with Crippen LogP contribution in [-0.2, 0) is 41.6 Å². The van der Waals surface area contributed by atoms with Gasteiger partial charge in [-0.2, -0.15) is 25.3 Å². The molecule has 0 aliphatic rings. The number of aromatic amines is 2. The van der Waals surface area contributed by atoms with Crippen molar-refractivity contribution in [1.29, 1.82) is 0 Å². The molecule has 17 nitrogen and oxygen atoms in total. The van der Waals surface area contributed by atoms with E-state index in [2.05, 4.69) is 61.8 Å². The molecule has 0 bridgehead atoms. The summed E-state index contributed by atoms with van der Waals surface area (Å²) in [5.74, 6) is -5.15. The van der Waals surface area contributed by atoms with Crippen LogP contribution in [0, 0.1) is 0 Å². The maximum absolute atomic E-state index is 13.9. The number of thiol groups is 2. The molecule has 0 spiro atoms. The van der Waals surface area contributed by atoms with Crippen molar-refractivity contribution in [2.24, 2.45) is 17.2 Å². The number of carboxylic acids is 1. The molecule has 5 amide bonds. The zero-order chi connectivity index (χ0) is 42.9. The van der Waals surface area contributed by atoms with Gasteiger partial charge in [0.1, 0.15) is 30.2 Å². The Morgan fingerprint density at radius 1 is 0.559 bits per heavy atom. The number of amides is 5. The Bertz CT molecular complexity index is 2040. The second kappa shape index (κ2) is 23.5. The quantitative estimate of drug-likeness (QED) is 0.0322. The normalized spacial score (nSPS) is 14.4. The van der Waals surface area contributed by atoms with E-state index >= 15 is 0 Å². The van der Waals surface area contributed by atoms with Crippen molar-refractivity contribution in [3.8, 4) is 0 Å². The Balaban J connectivity index is 1.49. The molecule has 4 aromatic rings. The molecule has 59 heavy (non-hydrogen) atoms. The Hall–Kier alpha value is -5.08. The van der Waals surface area contributed by atoms with E-state index in [1.807, 2.05) is 48.5 Å². The Morgan fingerprint density at radius 2 is 0.949 bits per heavy atom. The molecular formula is C40H56N10O7S2. The highest BCUT2D eigenvalue weighted by molar-refractivity contribution is 7.80. The largest absolute Gasteiger partial charge is 0.480 e. The molecule has 2 heterocycles. The van der Waals surface area contributed by atoms with E-state index in [4.69, 9.17) is 17.2 Å². The molecule has 0 saturated heterocycles. The smallest absolute Gasteiger partial charge is 0.326 e. The van der Waals surface area contributed by atoms with Gasteiger partial charge in [0.25, 0.3) is 0 Å². The van der Waals surface area contributed by atoms with Gasteiger partial charge < -0.3 is 58.9 Å². The summed E-state index contributed by atoms with van der Waals surface area (Å²) in [6.07, 6.45) is 6.32. The monoisotopic (exact) mass is 852 g/mol. The maximum Gasteiger partial charge on any atom is 0.326 e. The first kappa shape index (κ1) is 46.6. The average Bonchev–Trinajstić information content (AvgIpc) is 3.84. The van der Waals surface area contributed by atoms with Crippen molar-refractivity contribution in [3.05, 3.63) is 72.1 Å². The van der Waals surface area contributed by atoms with Crippen molar-refractivity contribution in [2.75, 3.05) is 24.6 Å². The van der Waals surface area contributed by atoms with E-state index in [0.717, 1.165) is 27.4 Å². The maximum atomic E-state index is 13.9. The van der Waals surface area contributed by atoms with Crippen LogP contribution in [0.3, 0.4) is 0 Å². The Labute approximate surface area is 353 Å². The van der Waals surface area contributed by atoms with E-state index in [0.29, 0.717) is 50.8 Å². The summed E-state index contributed by atoms with van der Waals surface area (Å²) < 4.78 is 0. The van der Waals surface area contributed by atoms with E-state index in [9.17, 15) is 33.9 Å². The third-order valence-electron chi connectivity index (χ3n) is 9.96. The lowest BCUT2D eigenvalue weighted by molar-refractivity contribution is -0.142. The first-order valence-electron chi connectivity index (χ1n) is 19.6. The van der Waals surface area contributed by atoms with Crippen molar-refractivity contribution < 1.29 is 33.9 Å². The number of rotatable bonds is 25. The second-order valence-electron chi connectivity index (χ2n) is 14.3. The van der Waals surface area contributed by atoms with Crippen LogP contribution in [0.1, 0.15) is 49.7 Å². The van der Waals surface area contributed by atoms with Crippen molar-refractivity contribution in [1.82, 2.24) is 36.6 Å². The van der Waals surface area contributed by atoms with Gasteiger partial charge in [-0.25, -0.2) is 4.79 Å². The number of hydrogen-bond acceptors (Lipinski definition) is 11. The molecule has 320 valence electrons. The molecule has 6 atom stereocenters. The minimum atomic E-state index is -1.29. The summed E-state index contributed by atoms with van der Waals surface area (Å²) in [6, 6.07) is 7.76. The number of nitrogens with two attached hydrogens (primary N) is 3. The summed E-state index contributed by atoms with van der Waals surface area (Å²) in [5, 5.41) is 24.7. The highest BCUT2D eigenvalue weighted by Gasteiger charge is 2.33. The number of H-pyrrole nitrogens is 2. The number of unbranched alkanes of at least 4 members (excludes halogenated alkanes) is 2. The third kappa shape index (κ3) is 13.5. The number of hydrogen-bond donors (Lipinski definition) is 13. The molecule has 19 heteroatoms. The number of nitrogens with one attached hydrogen (secondary N) is 7. The van der Waals surface area contributed by atoms with Crippen molar-refractivity contribution >= 4 is 82.6 Å². The molecule has 0 aliphatic heterocycles. The molecular weight excluding hydrogens is 797 g/mol. The number of carbonyl (C=O) groups is 6. The fraction of sp³-hybridized carbons (Fsp3) is 0.450. The standard InChI is InChI=1S/C40H56N10O7S2/c41-15-7-5-11-27(43)35(51)47-31(17-23-19-44-28-12-3-1-9-25(23)28)37(53)49-34(22-59)39(55)50-33(21-58)38(54)48-32(18-24-20-45-29-13-4-2-10-26(24)29)36(52)46-30(40(56)57)14-6-8-16-42/h1-4,9-10,12-13,19-20,27,30-34,44-45,58-59H,5-8,11,14-18,21-22,41-43H2,(H,46,52)(H,47,51)(H,48,54)(H,49,53)(H,50,55)(H,56,57)/t27-,30-,31-,32-,33-,34-/m0/s1. The van der Waals surface area contributed by atoms with E-state index in [1.165, 1.54) is 0 Å². The van der Waals surface area contributed by atoms with Gasteiger partial charge in [0.05, 0.1) is 6.04 Å². The van der Waals surface area contributed by atoms with E-state index < -0.39 is 71.8 Å². The lowest BCUT2D eigenvalue weighted by atomic mass is 10.0. The van der Waals surface area contributed by atoms with Gasteiger partial charge in [0.2, 0.25) is 29.5 Å². The Kier molecular flexibility index (Phi) is 18.6. The molecule has 14 N–H and O–H groups in total. The SMILES string of the molecule is NCCCC[C@H](NC(=O)[C@H](Cc1c[nH]c2ccccc12)NC(=O)[C@H](CS)NC(=O)[C@H](CS)NC(=O)[C@H](Cc1c[nH]c2ccccc12)NC(=O)[C@@H](N)CCCCN)C(=O)O. The van der Waals surface area contributed by atoms with E-state index in [-0.39, 0.29) is 30.8 Å². The minimum Gasteiger partial charge on any atom is -0.480 e. The average molecular weight is 853 g/mol. The van der Waals surface area contributed by atoms with E-state index in [1.54, 1.807) is 12.4 Å². The fourth-order valence-corrected chi connectivity index (χ4v) is 7.12. The summed E-state index contributed by atoms with van der Waals surface area (Å²) >= 11 is 8.59. The van der Waals surface area contributed by atoms with Gasteiger partial charge in [-0.3, -0.25) is 24.0 Å². The number of benzene rings is 2. The van der Waals surface area contributed by atoms with Crippen LogP contribution in [0.5, 0.6) is 0 Å². The molecule has 4 rings (SSSR count). The number of para-hydroxylation sites is 2. The first-order valence-corrected chi connectivity index (χ1v) is 20.9. The molecule has 0 unspecified atom stereocenters. The topological polar surface area (TPSA) is 292 Å². The number of aliphatic carboxylic acids is 1. The van der Waals surface area contributed by atoms with Gasteiger partial charge in [-0.15, -0.1) is 0 Å². The van der Waals surface area contributed by atoms with Crippen LogP contribution < -0.4 is 43.8 Å². The van der Waals surface area contributed by atoms with Gasteiger partial charge in [-0.05, 0) is 68.5 Å². The summed E-state index contributed by atoms with van der Waals surface area (Å²) in [6.45, 7) is 0.813. The number of fused-ring (bicyclic) bond motifs is 2. The van der Waals surface area contributed by atoms with Crippen LogP contribution in [0.4, 0.5) is 0 Å². The van der Waals surface area contributed by atoms with Gasteiger partial charge in [0.15, 0.2) is 0 Å². The predicted molar refractivity (Wildman–Crippen MR) is 233 cm³/mol. The van der Waals surface area contributed by atoms with Crippen LogP contribution in [0.25, 0.3) is 21.8 Å². The molecule has 0 radical (unpaired) electrons. The molecule has 0 aliphatic carbocycles. The highest BCUT2D eigenvalue weighted by Crippen LogP contribution is 2.21. The molecule has 2 aromatic carbocycles. The van der Waals surface area contributed by atoms with Crippen molar-refractivity contribution in [3.63, 3.8) is 0 Å². The number of aromatic nitrogens is 2. The van der Waals surface area contributed by atoms with Crippen LogP contribution in [0.15, 0.2) is 60.9 Å². The van der Waals surface area contributed by atoms with Gasteiger partial charge >= 0.3 is 5.97 Å². The molecule has 2 aromatic heterocycles. The molecule has 0 fully saturated rings.